The SMILES string of the molecule is O=C(CC1CCNC1)NCc1cccc(Oc2ccccc2)c1. The van der Waals surface area contributed by atoms with E-state index in [0.717, 1.165) is 36.6 Å². The first-order valence-electron chi connectivity index (χ1n) is 8.09. The molecule has 1 aliphatic heterocycles. The topological polar surface area (TPSA) is 50.4 Å². The summed E-state index contributed by atoms with van der Waals surface area (Å²) in [4.78, 5) is 12.0. The second kappa shape index (κ2) is 7.79. The Labute approximate surface area is 136 Å². The van der Waals surface area contributed by atoms with Gasteiger partial charge in [-0.3, -0.25) is 4.79 Å². The van der Waals surface area contributed by atoms with Crippen LogP contribution in [-0.2, 0) is 11.3 Å². The fourth-order valence-corrected chi connectivity index (χ4v) is 2.77. The Morgan fingerprint density at radius 1 is 1.13 bits per heavy atom. The monoisotopic (exact) mass is 310 g/mol. The molecule has 0 radical (unpaired) electrons. The summed E-state index contributed by atoms with van der Waals surface area (Å²) in [5.74, 6) is 2.18. The fourth-order valence-electron chi connectivity index (χ4n) is 2.77. The Hall–Kier alpha value is -2.33. The first-order valence-corrected chi connectivity index (χ1v) is 8.09. The van der Waals surface area contributed by atoms with Gasteiger partial charge in [0.25, 0.3) is 0 Å². The summed E-state index contributed by atoms with van der Waals surface area (Å²) in [5, 5.41) is 6.28. The maximum Gasteiger partial charge on any atom is 0.220 e. The summed E-state index contributed by atoms with van der Waals surface area (Å²) in [5.41, 5.74) is 1.04. The van der Waals surface area contributed by atoms with Crippen LogP contribution in [0.15, 0.2) is 54.6 Å². The van der Waals surface area contributed by atoms with Crippen LogP contribution >= 0.6 is 0 Å². The number of nitrogens with one attached hydrogen (secondary N) is 2. The van der Waals surface area contributed by atoms with Crippen molar-refractivity contribution >= 4 is 5.91 Å². The van der Waals surface area contributed by atoms with Crippen LogP contribution in [0, 0.1) is 5.92 Å². The molecule has 1 aliphatic rings. The van der Waals surface area contributed by atoms with E-state index in [9.17, 15) is 4.79 Å². The largest absolute Gasteiger partial charge is 0.457 e. The Bertz CT molecular complexity index is 637. The van der Waals surface area contributed by atoms with Gasteiger partial charge in [-0.15, -0.1) is 0 Å². The predicted molar refractivity (Wildman–Crippen MR) is 90.4 cm³/mol. The number of carbonyl (C=O) groups excluding carboxylic acids is 1. The molecule has 1 heterocycles. The van der Waals surface area contributed by atoms with Gasteiger partial charge in [0.2, 0.25) is 5.91 Å². The molecule has 2 aromatic carbocycles. The fraction of sp³-hybridized carbons (Fsp3) is 0.316. The van der Waals surface area contributed by atoms with Gasteiger partial charge in [-0.05, 0) is 55.3 Å². The van der Waals surface area contributed by atoms with Crippen molar-refractivity contribution in [3.8, 4) is 11.5 Å². The summed E-state index contributed by atoms with van der Waals surface area (Å²) in [6, 6.07) is 17.5. The molecule has 4 nitrogen and oxygen atoms in total. The van der Waals surface area contributed by atoms with Crippen LogP contribution in [0.2, 0.25) is 0 Å². The maximum absolute atomic E-state index is 12.0. The molecule has 3 rings (SSSR count). The Morgan fingerprint density at radius 2 is 1.96 bits per heavy atom. The zero-order valence-corrected chi connectivity index (χ0v) is 13.1. The molecule has 23 heavy (non-hydrogen) atoms. The molecule has 4 heteroatoms. The van der Waals surface area contributed by atoms with Gasteiger partial charge < -0.3 is 15.4 Å². The van der Waals surface area contributed by atoms with Crippen molar-refractivity contribution < 1.29 is 9.53 Å². The second-order valence-corrected chi connectivity index (χ2v) is 5.90. The lowest BCUT2D eigenvalue weighted by molar-refractivity contribution is -0.122. The van der Waals surface area contributed by atoms with Crippen molar-refractivity contribution in [1.82, 2.24) is 10.6 Å². The van der Waals surface area contributed by atoms with Crippen LogP contribution in [-0.4, -0.2) is 19.0 Å². The summed E-state index contributed by atoms with van der Waals surface area (Å²) < 4.78 is 5.81. The van der Waals surface area contributed by atoms with Gasteiger partial charge in [-0.2, -0.15) is 0 Å². The highest BCUT2D eigenvalue weighted by Crippen LogP contribution is 2.21. The lowest BCUT2D eigenvalue weighted by Crippen LogP contribution is -2.25. The number of para-hydroxylation sites is 1. The molecule has 1 amide bonds. The summed E-state index contributed by atoms with van der Waals surface area (Å²) in [6.45, 7) is 2.51. The second-order valence-electron chi connectivity index (χ2n) is 5.90. The van der Waals surface area contributed by atoms with Gasteiger partial charge in [0, 0.05) is 13.0 Å². The highest BCUT2D eigenvalue weighted by atomic mass is 16.5. The van der Waals surface area contributed by atoms with Gasteiger partial charge in [0.15, 0.2) is 0 Å². The first-order chi connectivity index (χ1) is 11.3. The molecule has 1 fully saturated rings. The number of hydrogen-bond donors (Lipinski definition) is 2. The third-order valence-corrected chi connectivity index (χ3v) is 4.00. The lowest BCUT2D eigenvalue weighted by atomic mass is 10.0. The molecule has 1 saturated heterocycles. The minimum Gasteiger partial charge on any atom is -0.457 e. The van der Waals surface area contributed by atoms with E-state index in [1.54, 1.807) is 0 Å². The highest BCUT2D eigenvalue weighted by Gasteiger charge is 2.17. The number of hydrogen-bond acceptors (Lipinski definition) is 3. The van der Waals surface area contributed by atoms with Crippen molar-refractivity contribution in [2.75, 3.05) is 13.1 Å². The first kappa shape index (κ1) is 15.6. The van der Waals surface area contributed by atoms with Gasteiger partial charge in [-0.1, -0.05) is 30.3 Å². The minimum atomic E-state index is 0.119. The van der Waals surface area contributed by atoms with E-state index in [-0.39, 0.29) is 5.91 Å². The molecule has 2 aromatic rings. The summed E-state index contributed by atoms with van der Waals surface area (Å²) >= 11 is 0. The van der Waals surface area contributed by atoms with Crippen LogP contribution in [0.3, 0.4) is 0 Å². The number of carbonyl (C=O) groups is 1. The van der Waals surface area contributed by atoms with E-state index in [0.29, 0.717) is 18.9 Å². The molecule has 0 aromatic heterocycles. The Balaban J connectivity index is 1.52. The summed E-state index contributed by atoms with van der Waals surface area (Å²) in [7, 11) is 0. The Kier molecular flexibility index (Phi) is 5.27. The van der Waals surface area contributed by atoms with Crippen LogP contribution in [0.1, 0.15) is 18.4 Å². The molecule has 120 valence electrons. The molecular formula is C19H22N2O2. The average Bonchev–Trinajstić information content (AvgIpc) is 3.07. The van der Waals surface area contributed by atoms with Crippen LogP contribution < -0.4 is 15.4 Å². The molecule has 0 bridgehead atoms. The maximum atomic E-state index is 12.0. The molecule has 0 spiro atoms. The van der Waals surface area contributed by atoms with Crippen molar-refractivity contribution in [2.45, 2.75) is 19.4 Å². The van der Waals surface area contributed by atoms with E-state index < -0.39 is 0 Å². The average molecular weight is 310 g/mol. The van der Waals surface area contributed by atoms with E-state index in [4.69, 9.17) is 4.74 Å². The summed E-state index contributed by atoms with van der Waals surface area (Å²) in [6.07, 6.45) is 1.70. The zero-order valence-electron chi connectivity index (χ0n) is 13.1. The predicted octanol–water partition coefficient (Wildman–Crippen LogP) is 3.09. The van der Waals surface area contributed by atoms with Gasteiger partial charge in [0.1, 0.15) is 11.5 Å². The minimum absolute atomic E-state index is 0.119. The normalized spacial score (nSPS) is 17.0. The van der Waals surface area contributed by atoms with E-state index in [1.807, 2.05) is 54.6 Å². The standard InChI is InChI=1S/C19H22N2O2/c22-19(12-16-9-10-20-13-16)21-14-15-5-4-8-18(11-15)23-17-6-2-1-3-7-17/h1-8,11,16,20H,9-10,12-14H2,(H,21,22). The van der Waals surface area contributed by atoms with Crippen LogP contribution in [0.5, 0.6) is 11.5 Å². The van der Waals surface area contributed by atoms with Gasteiger partial charge in [-0.25, -0.2) is 0 Å². The quantitative estimate of drug-likeness (QED) is 0.862. The molecule has 0 saturated carbocycles. The number of amides is 1. The van der Waals surface area contributed by atoms with Crippen molar-refractivity contribution in [1.29, 1.82) is 0 Å². The van der Waals surface area contributed by atoms with Gasteiger partial charge in [0.05, 0.1) is 0 Å². The number of rotatable bonds is 6. The smallest absolute Gasteiger partial charge is 0.220 e. The van der Waals surface area contributed by atoms with E-state index >= 15 is 0 Å². The lowest BCUT2D eigenvalue weighted by Gasteiger charge is -2.10. The third kappa shape index (κ3) is 4.83. The number of benzene rings is 2. The van der Waals surface area contributed by atoms with Crippen molar-refractivity contribution in [2.24, 2.45) is 5.92 Å². The molecule has 1 unspecified atom stereocenters. The van der Waals surface area contributed by atoms with Gasteiger partial charge >= 0.3 is 0 Å². The Morgan fingerprint density at radius 3 is 2.74 bits per heavy atom. The molecular weight excluding hydrogens is 288 g/mol. The molecule has 1 atom stereocenters. The zero-order chi connectivity index (χ0) is 15.9. The molecule has 0 aliphatic carbocycles. The molecule has 2 N–H and O–H groups in total. The van der Waals surface area contributed by atoms with Crippen LogP contribution in [0.4, 0.5) is 0 Å². The third-order valence-electron chi connectivity index (χ3n) is 4.00. The van der Waals surface area contributed by atoms with Crippen LogP contribution in [0.25, 0.3) is 0 Å². The highest BCUT2D eigenvalue weighted by molar-refractivity contribution is 5.76. The number of ether oxygens (including phenoxy) is 1. The van der Waals surface area contributed by atoms with E-state index in [2.05, 4.69) is 10.6 Å². The van der Waals surface area contributed by atoms with Crippen molar-refractivity contribution in [3.05, 3.63) is 60.2 Å². The van der Waals surface area contributed by atoms with Crippen molar-refractivity contribution in [3.63, 3.8) is 0 Å². The van der Waals surface area contributed by atoms with E-state index in [1.165, 1.54) is 0 Å².